The van der Waals surface area contributed by atoms with Crippen molar-refractivity contribution in [1.29, 1.82) is 0 Å². The fraction of sp³-hybridized carbons (Fsp3) is 0.355. The Balaban J connectivity index is 1.58. The van der Waals surface area contributed by atoms with Gasteiger partial charge >= 0.3 is 6.18 Å². The highest BCUT2D eigenvalue weighted by atomic mass is 35.5. The van der Waals surface area contributed by atoms with E-state index in [0.717, 1.165) is 36.3 Å². The van der Waals surface area contributed by atoms with Crippen molar-refractivity contribution in [3.63, 3.8) is 0 Å². The lowest BCUT2D eigenvalue weighted by Crippen LogP contribution is -2.47. The van der Waals surface area contributed by atoms with Crippen LogP contribution in [0.5, 0.6) is 0 Å². The Morgan fingerprint density at radius 2 is 1.66 bits per heavy atom. The van der Waals surface area contributed by atoms with Gasteiger partial charge in [0.1, 0.15) is 5.82 Å². The molecule has 2 aliphatic rings. The van der Waals surface area contributed by atoms with Gasteiger partial charge in [-0.25, -0.2) is 4.39 Å². The first-order valence-corrected chi connectivity index (χ1v) is 13.4. The van der Waals surface area contributed by atoms with Crippen molar-refractivity contribution in [2.24, 2.45) is 5.92 Å². The second kappa shape index (κ2) is 11.2. The summed E-state index contributed by atoms with van der Waals surface area (Å²) in [6.45, 7) is 2.14. The number of aryl methyl sites for hydroxylation is 1. The molecule has 0 amide bonds. The normalized spacial score (nSPS) is 16.8. The Bertz CT molecular complexity index is 1340. The van der Waals surface area contributed by atoms with Crippen LogP contribution in [-0.2, 0) is 19.0 Å². The molecule has 38 heavy (non-hydrogen) atoms. The second-order valence-corrected chi connectivity index (χ2v) is 10.6. The highest BCUT2D eigenvalue weighted by Gasteiger charge is 2.37. The average Bonchev–Trinajstić information content (AvgIpc) is 3.04. The molecule has 3 aromatic carbocycles. The summed E-state index contributed by atoms with van der Waals surface area (Å²) < 4.78 is 70.8. The van der Waals surface area contributed by atoms with Crippen LogP contribution in [0.3, 0.4) is 0 Å². The van der Waals surface area contributed by atoms with Crippen LogP contribution < -0.4 is 0 Å². The average molecular weight is 546 g/mol. The van der Waals surface area contributed by atoms with Crippen LogP contribution in [0.15, 0.2) is 60.7 Å². The molecule has 1 aliphatic heterocycles. The summed E-state index contributed by atoms with van der Waals surface area (Å²) in [4.78, 5) is 2.19. The lowest BCUT2D eigenvalue weighted by Gasteiger charge is -2.39. The summed E-state index contributed by atoms with van der Waals surface area (Å²) in [6, 6.07) is 16.9. The predicted octanol–water partition coefficient (Wildman–Crippen LogP) is 8.63. The van der Waals surface area contributed by atoms with Crippen molar-refractivity contribution in [3.05, 3.63) is 105 Å². The summed E-state index contributed by atoms with van der Waals surface area (Å²) in [6.07, 6.45) is -1.73. The molecule has 5 rings (SSSR count). The number of alkyl halides is 4. The van der Waals surface area contributed by atoms with Crippen molar-refractivity contribution in [1.82, 2.24) is 4.90 Å². The van der Waals surface area contributed by atoms with Gasteiger partial charge in [-0.05, 0) is 83.6 Å². The molecule has 0 radical (unpaired) electrons. The van der Waals surface area contributed by atoms with Crippen LogP contribution in [0.2, 0.25) is 5.02 Å². The quantitative estimate of drug-likeness (QED) is 0.269. The minimum absolute atomic E-state index is 0.00279. The molecule has 1 fully saturated rings. The lowest BCUT2D eigenvalue weighted by molar-refractivity contribution is -0.137. The fourth-order valence-electron chi connectivity index (χ4n) is 5.86. The predicted molar refractivity (Wildman–Crippen MR) is 142 cm³/mol. The molecule has 0 saturated carbocycles. The van der Waals surface area contributed by atoms with E-state index in [9.17, 15) is 17.6 Å². The first-order valence-electron chi connectivity index (χ1n) is 13.0. The molecule has 1 aliphatic carbocycles. The molecule has 0 N–H and O–H groups in total. The van der Waals surface area contributed by atoms with Crippen LogP contribution in [0, 0.1) is 11.7 Å². The van der Waals surface area contributed by atoms with Crippen molar-refractivity contribution >= 4 is 22.7 Å². The molecule has 1 saturated heterocycles. The third kappa shape index (κ3) is 5.52. The number of nitrogens with zero attached hydrogens (tertiary/aromatic N) is 1. The molecule has 0 bridgehead atoms. The van der Waals surface area contributed by atoms with Gasteiger partial charge in [0.25, 0.3) is 0 Å². The Morgan fingerprint density at radius 1 is 0.895 bits per heavy atom. The maximum atomic E-state index is 15.8. The van der Waals surface area contributed by atoms with Crippen molar-refractivity contribution in [3.8, 4) is 0 Å². The Morgan fingerprint density at radius 3 is 2.39 bits per heavy atom. The van der Waals surface area contributed by atoms with Gasteiger partial charge in [-0.1, -0.05) is 60.1 Å². The van der Waals surface area contributed by atoms with Crippen LogP contribution in [0.1, 0.15) is 52.6 Å². The molecule has 3 aromatic rings. The van der Waals surface area contributed by atoms with Crippen molar-refractivity contribution < 1.29 is 22.0 Å². The summed E-state index contributed by atoms with van der Waals surface area (Å²) in [7, 11) is 0. The maximum Gasteiger partial charge on any atom is 0.418 e. The van der Waals surface area contributed by atoms with Gasteiger partial charge in [0.15, 0.2) is 0 Å². The van der Waals surface area contributed by atoms with E-state index in [4.69, 9.17) is 11.6 Å². The van der Waals surface area contributed by atoms with Crippen molar-refractivity contribution in [2.75, 3.05) is 26.3 Å². The molecular formula is C31H29ClF5N. The number of halogens is 6. The summed E-state index contributed by atoms with van der Waals surface area (Å²) in [5.41, 5.74) is 2.96. The van der Waals surface area contributed by atoms with Gasteiger partial charge in [0.05, 0.1) is 17.3 Å². The van der Waals surface area contributed by atoms with Gasteiger partial charge < -0.3 is 4.90 Å². The number of benzene rings is 3. The molecule has 0 aromatic heterocycles. The maximum absolute atomic E-state index is 15.8. The van der Waals surface area contributed by atoms with Crippen LogP contribution >= 0.6 is 11.6 Å². The van der Waals surface area contributed by atoms with Gasteiger partial charge in [-0.2, -0.15) is 13.2 Å². The van der Waals surface area contributed by atoms with Crippen molar-refractivity contribution in [2.45, 2.75) is 38.3 Å². The number of likely N-dealkylation sites (tertiary alicyclic amines) is 1. The Labute approximate surface area is 224 Å². The zero-order valence-corrected chi connectivity index (χ0v) is 21.7. The highest BCUT2D eigenvalue weighted by molar-refractivity contribution is 6.31. The number of allylic oxidation sites excluding steroid dienone is 1. The smallest absolute Gasteiger partial charge is 0.303 e. The van der Waals surface area contributed by atoms with E-state index in [1.807, 2.05) is 30.3 Å². The Hall–Kier alpha value is -2.70. The zero-order chi connectivity index (χ0) is 26.9. The van der Waals surface area contributed by atoms with E-state index in [1.54, 1.807) is 6.07 Å². The molecule has 1 heterocycles. The lowest BCUT2D eigenvalue weighted by atomic mass is 9.85. The topological polar surface area (TPSA) is 3.24 Å². The van der Waals surface area contributed by atoms with Crippen LogP contribution in [-0.4, -0.2) is 31.2 Å². The third-order valence-electron chi connectivity index (χ3n) is 7.55. The first-order chi connectivity index (χ1) is 18.3. The standard InChI is InChI=1S/C31H29ClF5N/c32-27-11-4-10-25(30(27)31(35,36)37)24-9-3-7-22-6-1-2-8-23(22)29(24)26-13-12-20(17-28(26)34)16-21-18-38(19-21)15-5-14-33/h1-2,4,6,8,10-13,17,21H,3,5,7,9,14-16,18-19H2. The number of hydrogen-bond acceptors (Lipinski definition) is 1. The van der Waals surface area contributed by atoms with Crippen LogP contribution in [0.4, 0.5) is 22.0 Å². The van der Waals surface area contributed by atoms with Gasteiger partial charge in [-0.15, -0.1) is 0 Å². The second-order valence-electron chi connectivity index (χ2n) is 10.2. The van der Waals surface area contributed by atoms with E-state index in [-0.39, 0.29) is 17.3 Å². The van der Waals surface area contributed by atoms with Crippen LogP contribution in [0.25, 0.3) is 11.1 Å². The summed E-state index contributed by atoms with van der Waals surface area (Å²) in [5, 5.41) is -0.365. The molecule has 1 nitrogen and oxygen atoms in total. The molecule has 0 atom stereocenters. The van der Waals surface area contributed by atoms with Gasteiger partial charge in [0, 0.05) is 25.2 Å². The zero-order valence-electron chi connectivity index (χ0n) is 20.9. The summed E-state index contributed by atoms with van der Waals surface area (Å²) in [5.74, 6) is -0.0649. The first kappa shape index (κ1) is 26.9. The van der Waals surface area contributed by atoms with E-state index in [0.29, 0.717) is 54.7 Å². The number of fused-ring (bicyclic) bond motifs is 1. The van der Waals surface area contributed by atoms with Gasteiger partial charge in [0.2, 0.25) is 0 Å². The number of hydrogen-bond donors (Lipinski definition) is 0. The largest absolute Gasteiger partial charge is 0.418 e. The van der Waals surface area contributed by atoms with E-state index in [2.05, 4.69) is 4.90 Å². The third-order valence-corrected chi connectivity index (χ3v) is 7.87. The van der Waals surface area contributed by atoms with Gasteiger partial charge in [-0.3, -0.25) is 4.39 Å². The van der Waals surface area contributed by atoms with E-state index < -0.39 is 17.6 Å². The summed E-state index contributed by atoms with van der Waals surface area (Å²) >= 11 is 6.09. The molecular weight excluding hydrogens is 517 g/mol. The molecule has 200 valence electrons. The molecule has 0 spiro atoms. The molecule has 7 heteroatoms. The Kier molecular flexibility index (Phi) is 7.92. The fourth-order valence-corrected chi connectivity index (χ4v) is 6.14. The highest BCUT2D eigenvalue weighted by Crippen LogP contribution is 2.46. The minimum Gasteiger partial charge on any atom is -0.303 e. The van der Waals surface area contributed by atoms with E-state index in [1.165, 1.54) is 24.3 Å². The monoisotopic (exact) mass is 545 g/mol. The van der Waals surface area contributed by atoms with E-state index >= 15 is 4.39 Å². The molecule has 0 unspecified atom stereocenters. The minimum atomic E-state index is -4.65. The SMILES string of the molecule is FCCCN1CC(Cc2ccc(C3=C(c4cccc(Cl)c4C(F)(F)F)CCCc4ccccc43)c(F)c2)C1. The number of rotatable bonds is 7.